The van der Waals surface area contributed by atoms with Gasteiger partial charge in [-0.1, -0.05) is 40.2 Å². The molecule has 0 saturated heterocycles. The van der Waals surface area contributed by atoms with Gasteiger partial charge in [-0.2, -0.15) is 0 Å². The van der Waals surface area contributed by atoms with Crippen molar-refractivity contribution < 1.29 is 0 Å². The van der Waals surface area contributed by atoms with Crippen molar-refractivity contribution in [3.63, 3.8) is 0 Å². The van der Waals surface area contributed by atoms with Crippen LogP contribution in [0.5, 0.6) is 0 Å². The van der Waals surface area contributed by atoms with E-state index >= 15 is 0 Å². The van der Waals surface area contributed by atoms with Gasteiger partial charge in [0.1, 0.15) is 0 Å². The quantitative estimate of drug-likeness (QED) is 0.781. The van der Waals surface area contributed by atoms with E-state index in [0.29, 0.717) is 0 Å². The third-order valence-corrected chi connectivity index (χ3v) is 3.93. The largest absolute Gasteiger partial charge is 0.323 e. The van der Waals surface area contributed by atoms with E-state index in [-0.39, 0.29) is 6.04 Å². The SMILES string of the molecule is C[C@H](N)c1cncn1-c1ccc(Br)c2ccccc12. The average molecular weight is 316 g/mol. The van der Waals surface area contributed by atoms with Gasteiger partial charge in [0.2, 0.25) is 0 Å². The zero-order chi connectivity index (χ0) is 13.4. The van der Waals surface area contributed by atoms with Crippen LogP contribution in [0.2, 0.25) is 0 Å². The van der Waals surface area contributed by atoms with Crippen LogP contribution in [-0.2, 0) is 0 Å². The summed E-state index contributed by atoms with van der Waals surface area (Å²) in [6.07, 6.45) is 3.63. The Morgan fingerprint density at radius 3 is 2.63 bits per heavy atom. The summed E-state index contributed by atoms with van der Waals surface area (Å²) in [5, 5.41) is 2.36. The van der Waals surface area contributed by atoms with Gasteiger partial charge in [-0.15, -0.1) is 0 Å². The summed E-state index contributed by atoms with van der Waals surface area (Å²) in [4.78, 5) is 4.22. The third-order valence-electron chi connectivity index (χ3n) is 3.24. The molecule has 2 N–H and O–H groups in total. The van der Waals surface area contributed by atoms with Crippen molar-refractivity contribution in [3.8, 4) is 5.69 Å². The minimum Gasteiger partial charge on any atom is -0.323 e. The Bertz CT molecular complexity index is 731. The van der Waals surface area contributed by atoms with Crippen molar-refractivity contribution in [2.75, 3.05) is 0 Å². The topological polar surface area (TPSA) is 43.8 Å². The van der Waals surface area contributed by atoms with Crippen LogP contribution < -0.4 is 5.73 Å². The van der Waals surface area contributed by atoms with Gasteiger partial charge in [-0.05, 0) is 24.4 Å². The molecule has 0 spiro atoms. The number of hydrogen-bond donors (Lipinski definition) is 1. The molecule has 0 saturated carbocycles. The van der Waals surface area contributed by atoms with Crippen LogP contribution in [0.4, 0.5) is 0 Å². The minimum absolute atomic E-state index is 0.0510. The van der Waals surface area contributed by atoms with E-state index in [1.807, 2.05) is 31.6 Å². The first-order chi connectivity index (χ1) is 9.18. The summed E-state index contributed by atoms with van der Waals surface area (Å²) in [7, 11) is 0. The summed E-state index contributed by atoms with van der Waals surface area (Å²) in [5.41, 5.74) is 8.11. The highest BCUT2D eigenvalue weighted by Gasteiger charge is 2.11. The summed E-state index contributed by atoms with van der Waals surface area (Å²) >= 11 is 3.59. The number of halogens is 1. The summed E-state index contributed by atoms with van der Waals surface area (Å²) in [6.45, 7) is 1.97. The zero-order valence-corrected chi connectivity index (χ0v) is 12.1. The number of nitrogens with zero attached hydrogens (tertiary/aromatic N) is 2. The van der Waals surface area contributed by atoms with Gasteiger partial charge in [0, 0.05) is 15.9 Å². The number of aromatic nitrogens is 2. The maximum atomic E-state index is 6.00. The smallest absolute Gasteiger partial charge is 0.0994 e. The van der Waals surface area contributed by atoms with E-state index in [1.54, 1.807) is 0 Å². The van der Waals surface area contributed by atoms with Crippen molar-refractivity contribution in [2.24, 2.45) is 5.73 Å². The maximum absolute atomic E-state index is 6.00. The molecule has 0 aliphatic heterocycles. The maximum Gasteiger partial charge on any atom is 0.0994 e. The lowest BCUT2D eigenvalue weighted by molar-refractivity contribution is 0.754. The van der Waals surface area contributed by atoms with Gasteiger partial charge >= 0.3 is 0 Å². The second kappa shape index (κ2) is 4.79. The molecule has 3 rings (SSSR count). The summed E-state index contributed by atoms with van der Waals surface area (Å²) in [5.74, 6) is 0. The van der Waals surface area contributed by atoms with E-state index in [2.05, 4.69) is 49.7 Å². The second-order valence-electron chi connectivity index (χ2n) is 4.59. The highest BCUT2D eigenvalue weighted by Crippen LogP contribution is 2.30. The molecule has 2 aromatic carbocycles. The predicted molar refractivity (Wildman–Crippen MR) is 81.4 cm³/mol. The van der Waals surface area contributed by atoms with E-state index in [9.17, 15) is 0 Å². The molecule has 0 aliphatic carbocycles. The Kier molecular flexibility index (Phi) is 3.12. The van der Waals surface area contributed by atoms with Crippen molar-refractivity contribution in [1.29, 1.82) is 0 Å². The Labute approximate surface area is 120 Å². The summed E-state index contributed by atoms with van der Waals surface area (Å²) in [6, 6.07) is 12.4. The molecule has 3 aromatic rings. The molecule has 0 aliphatic rings. The van der Waals surface area contributed by atoms with Crippen LogP contribution in [-0.4, -0.2) is 9.55 Å². The molecule has 0 amide bonds. The van der Waals surface area contributed by atoms with Crippen LogP contribution >= 0.6 is 15.9 Å². The number of fused-ring (bicyclic) bond motifs is 1. The fourth-order valence-electron chi connectivity index (χ4n) is 2.30. The molecule has 1 atom stereocenters. The molecule has 0 unspecified atom stereocenters. The standard InChI is InChI=1S/C15H14BrN3/c1-10(17)15-8-18-9-19(15)14-7-6-13(16)11-4-2-3-5-12(11)14/h2-10H,17H2,1H3/t10-/m0/s1. The van der Waals surface area contributed by atoms with Gasteiger partial charge in [-0.3, -0.25) is 0 Å². The predicted octanol–water partition coefficient (Wildman–Crippen LogP) is 3.81. The first-order valence-corrected chi connectivity index (χ1v) is 6.93. The van der Waals surface area contributed by atoms with Gasteiger partial charge in [-0.25, -0.2) is 4.98 Å². The lowest BCUT2D eigenvalue weighted by atomic mass is 10.1. The molecule has 19 heavy (non-hydrogen) atoms. The molecule has 1 heterocycles. The highest BCUT2D eigenvalue weighted by atomic mass is 79.9. The second-order valence-corrected chi connectivity index (χ2v) is 5.44. The van der Waals surface area contributed by atoms with Crippen LogP contribution in [0, 0.1) is 0 Å². The molecule has 96 valence electrons. The van der Waals surface area contributed by atoms with Crippen molar-refractivity contribution in [1.82, 2.24) is 9.55 Å². The number of imidazole rings is 1. The fourth-order valence-corrected chi connectivity index (χ4v) is 2.78. The van der Waals surface area contributed by atoms with E-state index < -0.39 is 0 Å². The van der Waals surface area contributed by atoms with Gasteiger partial charge in [0.15, 0.2) is 0 Å². The summed E-state index contributed by atoms with van der Waals surface area (Å²) < 4.78 is 3.15. The van der Waals surface area contributed by atoms with Gasteiger partial charge in [0.05, 0.1) is 23.9 Å². The average Bonchev–Trinajstić information content (AvgIpc) is 2.89. The molecule has 1 aromatic heterocycles. The van der Waals surface area contributed by atoms with E-state index in [0.717, 1.165) is 15.9 Å². The Hall–Kier alpha value is -1.65. The number of nitrogens with two attached hydrogens (primary N) is 1. The Morgan fingerprint density at radius 1 is 1.16 bits per heavy atom. The first kappa shape index (κ1) is 12.4. The van der Waals surface area contributed by atoms with Crippen molar-refractivity contribution >= 4 is 26.7 Å². The normalized spacial score (nSPS) is 12.8. The molecule has 4 heteroatoms. The lowest BCUT2D eigenvalue weighted by Gasteiger charge is -2.14. The molecule has 0 bridgehead atoms. The third kappa shape index (κ3) is 2.07. The van der Waals surface area contributed by atoms with E-state index in [4.69, 9.17) is 5.73 Å². The highest BCUT2D eigenvalue weighted by molar-refractivity contribution is 9.10. The number of benzene rings is 2. The van der Waals surface area contributed by atoms with Crippen LogP contribution in [0.25, 0.3) is 16.5 Å². The number of rotatable bonds is 2. The molecular weight excluding hydrogens is 302 g/mol. The zero-order valence-electron chi connectivity index (χ0n) is 10.5. The van der Waals surface area contributed by atoms with Crippen LogP contribution in [0.1, 0.15) is 18.7 Å². The monoisotopic (exact) mass is 315 g/mol. The van der Waals surface area contributed by atoms with Crippen LogP contribution in [0.3, 0.4) is 0 Å². The van der Waals surface area contributed by atoms with Gasteiger partial charge in [0.25, 0.3) is 0 Å². The number of hydrogen-bond acceptors (Lipinski definition) is 2. The molecule has 0 fully saturated rings. The molecular formula is C15H14BrN3. The lowest BCUT2D eigenvalue weighted by Crippen LogP contribution is -2.10. The minimum atomic E-state index is -0.0510. The molecule has 3 nitrogen and oxygen atoms in total. The van der Waals surface area contributed by atoms with E-state index in [1.165, 1.54) is 10.8 Å². The van der Waals surface area contributed by atoms with Crippen LogP contribution in [0.15, 0.2) is 53.4 Å². The van der Waals surface area contributed by atoms with Crippen molar-refractivity contribution in [2.45, 2.75) is 13.0 Å². The van der Waals surface area contributed by atoms with Gasteiger partial charge < -0.3 is 10.3 Å². The Balaban J connectivity index is 2.31. The Morgan fingerprint density at radius 2 is 1.89 bits per heavy atom. The van der Waals surface area contributed by atoms with Crippen molar-refractivity contribution in [3.05, 3.63) is 59.1 Å². The first-order valence-electron chi connectivity index (χ1n) is 6.14. The fraction of sp³-hybridized carbons (Fsp3) is 0.133. The molecule has 0 radical (unpaired) electrons.